The van der Waals surface area contributed by atoms with Crippen LogP contribution in [0.2, 0.25) is 15.1 Å². The SMILES string of the molecule is O=C(NS(=O)(=O)[N+]1(C2CCNCC2)CCC(Oc2ccc(Cl)c(Cl)c2)CC1)c1ccc(Cl)cc1. The first-order valence-electron chi connectivity index (χ1n) is 11.2. The van der Waals surface area contributed by atoms with Gasteiger partial charge in [-0.3, -0.25) is 4.79 Å². The summed E-state index contributed by atoms with van der Waals surface area (Å²) in [6.45, 7) is 2.18. The minimum atomic E-state index is -4.03. The molecule has 2 fully saturated rings. The van der Waals surface area contributed by atoms with E-state index in [4.69, 9.17) is 39.5 Å². The Balaban J connectivity index is 1.53. The van der Waals surface area contributed by atoms with Crippen LogP contribution in [0, 0.1) is 0 Å². The number of halogens is 3. The van der Waals surface area contributed by atoms with Crippen molar-refractivity contribution in [3.05, 3.63) is 63.1 Å². The van der Waals surface area contributed by atoms with Crippen LogP contribution in [0.25, 0.3) is 0 Å². The number of rotatable bonds is 6. The molecule has 0 saturated carbocycles. The molecular weight excluding hydrogens is 521 g/mol. The van der Waals surface area contributed by atoms with E-state index in [1.54, 1.807) is 30.3 Å². The van der Waals surface area contributed by atoms with Gasteiger partial charge in [-0.2, -0.15) is 12.3 Å². The number of nitrogens with zero attached hydrogens (tertiary/aromatic N) is 1. The Morgan fingerprint density at radius 3 is 2.21 bits per heavy atom. The number of quaternary nitrogens is 1. The summed E-state index contributed by atoms with van der Waals surface area (Å²) in [4.78, 5) is 12.8. The van der Waals surface area contributed by atoms with Gasteiger partial charge in [-0.25, -0.2) is 4.72 Å². The van der Waals surface area contributed by atoms with E-state index in [9.17, 15) is 13.2 Å². The zero-order valence-corrected chi connectivity index (χ0v) is 21.6. The van der Waals surface area contributed by atoms with Crippen molar-refractivity contribution < 1.29 is 21.8 Å². The van der Waals surface area contributed by atoms with Crippen LogP contribution in [-0.2, 0) is 10.2 Å². The highest BCUT2D eigenvalue weighted by atomic mass is 35.5. The Kier molecular flexibility index (Phi) is 7.96. The molecule has 34 heavy (non-hydrogen) atoms. The number of amides is 1. The smallest absolute Gasteiger partial charge is 0.396 e. The van der Waals surface area contributed by atoms with Gasteiger partial charge in [-0.05, 0) is 36.4 Å². The minimum Gasteiger partial charge on any atom is -0.490 e. The molecule has 184 valence electrons. The average molecular weight is 548 g/mol. The summed E-state index contributed by atoms with van der Waals surface area (Å²) in [5.74, 6) is -0.0579. The van der Waals surface area contributed by atoms with Crippen LogP contribution in [0.4, 0.5) is 0 Å². The van der Waals surface area contributed by atoms with Crippen molar-refractivity contribution in [1.29, 1.82) is 0 Å². The molecule has 0 radical (unpaired) electrons. The van der Waals surface area contributed by atoms with Gasteiger partial charge >= 0.3 is 10.2 Å². The minimum absolute atomic E-state index is 0.109. The number of piperidine rings is 2. The number of ether oxygens (including phenoxy) is 1. The van der Waals surface area contributed by atoms with Gasteiger partial charge in [0.25, 0.3) is 5.91 Å². The van der Waals surface area contributed by atoms with E-state index in [0.29, 0.717) is 59.6 Å². The van der Waals surface area contributed by atoms with Crippen LogP contribution in [-0.4, -0.2) is 56.5 Å². The van der Waals surface area contributed by atoms with E-state index >= 15 is 0 Å². The predicted molar refractivity (Wildman–Crippen MR) is 134 cm³/mol. The van der Waals surface area contributed by atoms with Crippen molar-refractivity contribution >= 4 is 50.9 Å². The summed E-state index contributed by atoms with van der Waals surface area (Å²) in [5.41, 5.74) is 0.245. The quantitative estimate of drug-likeness (QED) is 0.523. The van der Waals surface area contributed by atoms with Crippen molar-refractivity contribution in [2.45, 2.75) is 37.8 Å². The van der Waals surface area contributed by atoms with Crippen molar-refractivity contribution in [1.82, 2.24) is 10.0 Å². The molecule has 0 spiro atoms. The van der Waals surface area contributed by atoms with E-state index in [1.807, 2.05) is 0 Å². The molecule has 2 heterocycles. The third-order valence-electron chi connectivity index (χ3n) is 6.63. The Bertz CT molecular complexity index is 1130. The predicted octanol–water partition coefficient (Wildman–Crippen LogP) is 4.43. The molecule has 0 aliphatic carbocycles. The third-order valence-corrected chi connectivity index (χ3v) is 9.69. The summed E-state index contributed by atoms with van der Waals surface area (Å²) in [6, 6.07) is 11.1. The second-order valence-corrected chi connectivity index (χ2v) is 11.8. The Hall–Kier alpha value is -1.55. The van der Waals surface area contributed by atoms with Gasteiger partial charge in [0, 0.05) is 55.4 Å². The van der Waals surface area contributed by atoms with Gasteiger partial charge in [-0.15, -0.1) is 0 Å². The zero-order valence-electron chi connectivity index (χ0n) is 18.5. The topological polar surface area (TPSA) is 84.5 Å². The van der Waals surface area contributed by atoms with E-state index in [1.165, 1.54) is 12.1 Å². The maximum absolute atomic E-state index is 13.7. The molecular formula is C23H27Cl3N3O4S+. The summed E-state index contributed by atoms with van der Waals surface area (Å²) in [6.07, 6.45) is 2.33. The fraction of sp³-hybridized carbons (Fsp3) is 0.435. The molecule has 1 amide bonds. The van der Waals surface area contributed by atoms with Gasteiger partial charge in [0.1, 0.15) is 17.9 Å². The molecule has 0 atom stereocenters. The van der Waals surface area contributed by atoms with E-state index in [0.717, 1.165) is 13.1 Å². The van der Waals surface area contributed by atoms with Gasteiger partial charge < -0.3 is 10.1 Å². The lowest BCUT2D eigenvalue weighted by Gasteiger charge is -2.47. The van der Waals surface area contributed by atoms with Crippen molar-refractivity contribution in [3.8, 4) is 5.75 Å². The first kappa shape index (κ1) is 25.5. The Morgan fingerprint density at radius 2 is 1.59 bits per heavy atom. The average Bonchev–Trinajstić information content (AvgIpc) is 2.82. The van der Waals surface area contributed by atoms with Crippen LogP contribution in [0.5, 0.6) is 5.75 Å². The molecule has 4 rings (SSSR count). The first-order valence-corrected chi connectivity index (χ1v) is 13.8. The molecule has 0 bridgehead atoms. The van der Waals surface area contributed by atoms with Crippen molar-refractivity contribution in [2.75, 3.05) is 26.2 Å². The summed E-state index contributed by atoms with van der Waals surface area (Å²) in [7, 11) is -4.03. The standard InChI is InChI=1S/C23H26Cl3N3O4S/c24-17-3-1-16(2-4-17)23(30)28-34(31,32)29(18-7-11-27-12-8-18)13-9-19(10-14-29)33-20-5-6-21(25)22(26)15-20/h1-6,15,18-19,27H,7-14H2/p+1. The van der Waals surface area contributed by atoms with Gasteiger partial charge in [0.2, 0.25) is 0 Å². The zero-order chi connectivity index (χ0) is 24.3. The van der Waals surface area contributed by atoms with Crippen LogP contribution in [0.1, 0.15) is 36.0 Å². The number of carbonyl (C=O) groups is 1. The maximum Gasteiger partial charge on any atom is 0.396 e. The van der Waals surface area contributed by atoms with Crippen molar-refractivity contribution in [2.24, 2.45) is 0 Å². The second kappa shape index (κ2) is 10.6. The molecule has 11 heteroatoms. The fourth-order valence-corrected chi connectivity index (χ4v) is 7.03. The van der Waals surface area contributed by atoms with E-state index < -0.39 is 16.1 Å². The number of nitrogens with one attached hydrogen (secondary N) is 2. The molecule has 0 aromatic heterocycles. The van der Waals surface area contributed by atoms with Crippen LogP contribution in [0.3, 0.4) is 0 Å². The van der Waals surface area contributed by atoms with E-state index in [-0.39, 0.29) is 21.6 Å². The number of benzene rings is 2. The summed E-state index contributed by atoms with van der Waals surface area (Å²) in [5, 5.41) is 4.62. The molecule has 2 aromatic carbocycles. The lowest BCUT2D eigenvalue weighted by Crippen LogP contribution is -2.68. The molecule has 2 saturated heterocycles. The number of carbonyl (C=O) groups excluding carboxylic acids is 1. The normalized spacial score (nSPS) is 23.9. The summed E-state index contributed by atoms with van der Waals surface area (Å²) < 4.78 is 35.7. The highest BCUT2D eigenvalue weighted by Crippen LogP contribution is 2.34. The lowest BCUT2D eigenvalue weighted by molar-refractivity contribution is -0.841. The van der Waals surface area contributed by atoms with Gasteiger partial charge in [0.05, 0.1) is 23.1 Å². The number of hydrogen-bond acceptors (Lipinski definition) is 5. The van der Waals surface area contributed by atoms with Gasteiger partial charge in [-0.1, -0.05) is 34.8 Å². The van der Waals surface area contributed by atoms with Gasteiger partial charge in [0.15, 0.2) is 0 Å². The van der Waals surface area contributed by atoms with Crippen LogP contribution >= 0.6 is 34.8 Å². The Labute approximate surface area is 215 Å². The van der Waals surface area contributed by atoms with E-state index in [2.05, 4.69) is 10.0 Å². The molecule has 2 aromatic rings. The van der Waals surface area contributed by atoms with Crippen LogP contribution in [0.15, 0.2) is 42.5 Å². The first-order chi connectivity index (χ1) is 16.2. The fourth-order valence-electron chi connectivity index (χ4n) is 4.79. The molecule has 2 aliphatic heterocycles. The summed E-state index contributed by atoms with van der Waals surface area (Å²) >= 11 is 18.0. The lowest BCUT2D eigenvalue weighted by atomic mass is 9.99. The van der Waals surface area contributed by atoms with Crippen LogP contribution < -0.4 is 14.8 Å². The second-order valence-electron chi connectivity index (χ2n) is 8.69. The molecule has 0 unspecified atom stereocenters. The highest BCUT2D eigenvalue weighted by molar-refractivity contribution is 7.84. The molecule has 2 N–H and O–H groups in total. The number of hydrogen-bond donors (Lipinski definition) is 2. The Morgan fingerprint density at radius 1 is 0.941 bits per heavy atom. The molecule has 7 nitrogen and oxygen atoms in total. The highest BCUT2D eigenvalue weighted by Gasteiger charge is 2.52. The molecule has 2 aliphatic rings. The maximum atomic E-state index is 13.7. The number of likely N-dealkylation sites (tertiary alicyclic amines) is 1. The third kappa shape index (κ3) is 5.48. The largest absolute Gasteiger partial charge is 0.490 e. The monoisotopic (exact) mass is 546 g/mol. The van der Waals surface area contributed by atoms with Crippen molar-refractivity contribution in [3.63, 3.8) is 0 Å².